The van der Waals surface area contributed by atoms with Crippen LogP contribution in [0.4, 0.5) is 0 Å². The molecule has 0 unspecified atom stereocenters. The number of unbranched alkanes of at least 4 members (excludes halogenated alkanes) is 9. The lowest BCUT2D eigenvalue weighted by Crippen LogP contribution is -2.34. The zero-order valence-electron chi connectivity index (χ0n) is 12.9. The summed E-state index contributed by atoms with van der Waals surface area (Å²) in [4.78, 5) is 10.9. The lowest BCUT2D eigenvalue weighted by molar-refractivity contribution is -0.519. The molecule has 0 bridgehead atoms. The smallest absolute Gasteiger partial charge is 0.258 e. The van der Waals surface area contributed by atoms with Gasteiger partial charge in [0.1, 0.15) is 12.5 Å². The van der Waals surface area contributed by atoms with E-state index in [1.165, 1.54) is 69.5 Å². The zero-order chi connectivity index (χ0) is 14.6. The highest BCUT2D eigenvalue weighted by atomic mass is 32.2. The van der Waals surface area contributed by atoms with Crippen molar-refractivity contribution in [3.8, 4) is 0 Å². The molecule has 1 aliphatic heterocycles. The Morgan fingerprint density at radius 1 is 1.05 bits per heavy atom. The van der Waals surface area contributed by atoms with Crippen LogP contribution in [0.15, 0.2) is 0 Å². The molecule has 0 radical (unpaired) electrons. The van der Waals surface area contributed by atoms with Crippen LogP contribution in [0, 0.1) is 0 Å². The van der Waals surface area contributed by atoms with Gasteiger partial charge < -0.3 is 9.90 Å². The fraction of sp³-hybridized carbons (Fsp3) is 0.875. The van der Waals surface area contributed by atoms with E-state index in [1.807, 2.05) is 4.58 Å². The fourth-order valence-electron chi connectivity index (χ4n) is 2.64. The molecule has 116 valence electrons. The summed E-state index contributed by atoms with van der Waals surface area (Å²) in [6.07, 6.45) is 13.2. The highest BCUT2D eigenvalue weighted by molar-refractivity contribution is 8.15. The van der Waals surface area contributed by atoms with Crippen LogP contribution in [0.1, 0.15) is 71.1 Å². The third-order valence-corrected chi connectivity index (χ3v) is 4.93. The molecule has 0 aromatic heterocycles. The lowest BCUT2D eigenvalue weighted by Gasteiger charge is -2.03. The van der Waals surface area contributed by atoms with E-state index >= 15 is 0 Å². The summed E-state index contributed by atoms with van der Waals surface area (Å²) in [5.74, 6) is -0.110. The van der Waals surface area contributed by atoms with Gasteiger partial charge >= 0.3 is 0 Å². The van der Waals surface area contributed by atoms with Crippen LogP contribution >= 0.6 is 11.8 Å². The molecule has 0 atom stereocenters. The monoisotopic (exact) mass is 299 g/mol. The van der Waals surface area contributed by atoms with Crippen molar-refractivity contribution in [2.75, 3.05) is 18.8 Å². The summed E-state index contributed by atoms with van der Waals surface area (Å²) in [6.45, 7) is 4.00. The molecule has 20 heavy (non-hydrogen) atoms. The molecule has 0 amide bonds. The number of carbonyl (C=O) groups excluding carboxylic acids is 1. The Hall–Kier alpha value is -0.510. The maximum absolute atomic E-state index is 10.9. The number of nitrogens with zero attached hydrogens (tertiary/aromatic N) is 1. The van der Waals surface area contributed by atoms with E-state index in [-0.39, 0.29) is 0 Å². The van der Waals surface area contributed by atoms with Crippen LogP contribution in [-0.2, 0) is 4.79 Å². The first-order chi connectivity index (χ1) is 9.75. The first-order valence-corrected chi connectivity index (χ1v) is 9.20. The molecule has 0 saturated heterocycles. The summed E-state index contributed by atoms with van der Waals surface area (Å²) in [6, 6.07) is 0. The van der Waals surface area contributed by atoms with Crippen LogP contribution in [-0.4, -0.2) is 34.4 Å². The van der Waals surface area contributed by atoms with Gasteiger partial charge in [-0.2, -0.15) is 0 Å². The maximum atomic E-state index is 10.9. The number of carbonyl (C=O) groups is 1. The number of carboxylic acids is 1. The van der Waals surface area contributed by atoms with Crippen molar-refractivity contribution < 1.29 is 14.5 Å². The van der Waals surface area contributed by atoms with Crippen molar-refractivity contribution in [1.82, 2.24) is 0 Å². The second kappa shape index (κ2) is 11.2. The molecule has 0 spiro atoms. The Labute approximate surface area is 127 Å². The molecule has 0 aromatic carbocycles. The number of rotatable bonds is 12. The molecule has 1 aliphatic rings. The van der Waals surface area contributed by atoms with Gasteiger partial charge in [-0.15, -0.1) is 0 Å². The predicted octanol–water partition coefficient (Wildman–Crippen LogP) is 2.82. The van der Waals surface area contributed by atoms with Gasteiger partial charge in [-0.05, 0) is 18.2 Å². The van der Waals surface area contributed by atoms with Crippen molar-refractivity contribution in [2.45, 2.75) is 71.1 Å². The predicted molar refractivity (Wildman–Crippen MR) is 84.3 cm³/mol. The maximum Gasteiger partial charge on any atom is 0.258 e. The molecule has 0 aromatic rings. The molecule has 4 heteroatoms. The third-order valence-electron chi connectivity index (χ3n) is 3.84. The summed E-state index contributed by atoms with van der Waals surface area (Å²) < 4.78 is 1.98. The number of thioether (sulfide) groups is 1. The van der Waals surface area contributed by atoms with Gasteiger partial charge in [0.25, 0.3) is 5.04 Å². The molecule has 1 heterocycles. The number of carboxylic acid groups (broad SMARTS) is 1. The molecule has 1 rings (SSSR count). The molecule has 0 aliphatic carbocycles. The van der Waals surface area contributed by atoms with Crippen LogP contribution in [0.5, 0.6) is 0 Å². The summed E-state index contributed by atoms with van der Waals surface area (Å²) in [5.41, 5.74) is 0. The molecular weight excluding hydrogens is 270 g/mol. The molecule has 3 nitrogen and oxygen atoms in total. The third kappa shape index (κ3) is 7.32. The van der Waals surface area contributed by atoms with E-state index in [4.69, 9.17) is 0 Å². The van der Waals surface area contributed by atoms with Gasteiger partial charge in [-0.25, -0.2) is 4.58 Å². The van der Waals surface area contributed by atoms with Crippen molar-refractivity contribution >= 4 is 22.8 Å². The Morgan fingerprint density at radius 3 is 2.15 bits per heavy atom. The van der Waals surface area contributed by atoms with Crippen LogP contribution in [0.25, 0.3) is 0 Å². The Bertz CT molecular complexity index is 316. The number of aliphatic carboxylic acids is 1. The van der Waals surface area contributed by atoms with Crippen LogP contribution < -0.4 is 5.11 Å². The second-order valence-electron chi connectivity index (χ2n) is 5.61. The van der Waals surface area contributed by atoms with E-state index < -0.39 is 5.97 Å². The van der Waals surface area contributed by atoms with E-state index in [9.17, 15) is 9.90 Å². The minimum Gasteiger partial charge on any atom is -0.539 e. The highest BCUT2D eigenvalue weighted by Crippen LogP contribution is 2.13. The van der Waals surface area contributed by atoms with E-state index in [0.29, 0.717) is 5.04 Å². The SMILES string of the molecule is CCCCCCCCCCCC[N+]1=C(C(=O)[O-])SCC1. The van der Waals surface area contributed by atoms with Crippen molar-refractivity contribution in [3.63, 3.8) is 0 Å². The quantitative estimate of drug-likeness (QED) is 0.411. The van der Waals surface area contributed by atoms with Gasteiger partial charge in [0.2, 0.25) is 0 Å². The minimum absolute atomic E-state index is 0.445. The Kier molecular flexibility index (Phi) is 9.81. The van der Waals surface area contributed by atoms with Gasteiger partial charge in [0.05, 0.1) is 5.75 Å². The number of hydrogen-bond acceptors (Lipinski definition) is 3. The highest BCUT2D eigenvalue weighted by Gasteiger charge is 2.23. The second-order valence-corrected chi connectivity index (χ2v) is 6.69. The summed E-state index contributed by atoms with van der Waals surface area (Å²) in [7, 11) is 0. The van der Waals surface area contributed by atoms with Crippen molar-refractivity contribution in [2.24, 2.45) is 0 Å². The first-order valence-electron chi connectivity index (χ1n) is 8.21. The fourth-order valence-corrected chi connectivity index (χ4v) is 3.62. The Morgan fingerprint density at radius 2 is 1.60 bits per heavy atom. The Balaban J connectivity index is 1.95. The first kappa shape index (κ1) is 17.5. The van der Waals surface area contributed by atoms with E-state index in [2.05, 4.69) is 6.92 Å². The minimum atomic E-state index is -1.00. The van der Waals surface area contributed by atoms with Gasteiger partial charge in [-0.3, -0.25) is 0 Å². The van der Waals surface area contributed by atoms with Gasteiger partial charge in [-0.1, -0.05) is 58.3 Å². The largest absolute Gasteiger partial charge is 0.539 e. The van der Waals surface area contributed by atoms with Crippen molar-refractivity contribution in [3.05, 3.63) is 0 Å². The number of hydrogen-bond donors (Lipinski definition) is 0. The summed E-state index contributed by atoms with van der Waals surface area (Å²) in [5, 5.41) is 11.3. The van der Waals surface area contributed by atoms with Crippen LogP contribution in [0.2, 0.25) is 0 Å². The van der Waals surface area contributed by atoms with E-state index in [1.54, 1.807) is 0 Å². The molecule has 0 saturated carbocycles. The van der Waals surface area contributed by atoms with Crippen LogP contribution in [0.3, 0.4) is 0 Å². The molecule has 0 N–H and O–H groups in total. The average molecular weight is 299 g/mol. The lowest BCUT2D eigenvalue weighted by atomic mass is 10.1. The zero-order valence-corrected chi connectivity index (χ0v) is 13.7. The molecule has 0 fully saturated rings. The summed E-state index contributed by atoms with van der Waals surface area (Å²) >= 11 is 1.42. The normalized spacial score (nSPS) is 15.1. The van der Waals surface area contributed by atoms with E-state index in [0.717, 1.165) is 25.3 Å². The van der Waals surface area contributed by atoms with Gasteiger partial charge in [0.15, 0.2) is 6.54 Å². The standard InChI is InChI=1S/C16H29NO2S/c1-2-3-4-5-6-7-8-9-10-11-12-17-13-14-20-15(17)16(18)19/h2-14H2,1H3. The van der Waals surface area contributed by atoms with Crippen molar-refractivity contribution in [1.29, 1.82) is 0 Å². The average Bonchev–Trinajstić information content (AvgIpc) is 2.89. The molecular formula is C16H29NO2S. The van der Waals surface area contributed by atoms with Gasteiger partial charge in [0, 0.05) is 6.42 Å². The topological polar surface area (TPSA) is 43.1 Å².